The lowest BCUT2D eigenvalue weighted by atomic mass is 10.3. The van der Waals surface area contributed by atoms with Crippen LogP contribution < -0.4 is 4.72 Å². The van der Waals surface area contributed by atoms with Crippen LogP contribution in [0.25, 0.3) is 10.6 Å². The predicted molar refractivity (Wildman–Crippen MR) is 86.8 cm³/mol. The van der Waals surface area contributed by atoms with Gasteiger partial charge in [0.2, 0.25) is 0 Å². The molecule has 2 heterocycles. The zero-order chi connectivity index (χ0) is 15.7. The Kier molecular flexibility index (Phi) is 3.94. The second-order valence-electron chi connectivity index (χ2n) is 4.54. The SMILES string of the molecule is Cc1cc(-c2ccc(S(=O)(=O)Nc3ccccc3Cl)s2)on1. The highest BCUT2D eigenvalue weighted by Crippen LogP contribution is 2.32. The van der Waals surface area contributed by atoms with E-state index in [4.69, 9.17) is 16.1 Å². The molecule has 0 aliphatic heterocycles. The molecule has 22 heavy (non-hydrogen) atoms. The summed E-state index contributed by atoms with van der Waals surface area (Å²) in [5.41, 5.74) is 1.08. The van der Waals surface area contributed by atoms with Crippen molar-refractivity contribution >= 4 is 38.6 Å². The summed E-state index contributed by atoms with van der Waals surface area (Å²) in [7, 11) is -3.69. The molecule has 8 heteroatoms. The third-order valence-electron chi connectivity index (χ3n) is 2.84. The van der Waals surface area contributed by atoms with Crippen LogP contribution in [-0.2, 0) is 10.0 Å². The molecule has 0 unspecified atom stereocenters. The first-order valence-corrected chi connectivity index (χ1v) is 8.94. The van der Waals surface area contributed by atoms with Crippen LogP contribution in [0.3, 0.4) is 0 Å². The Morgan fingerprint density at radius 2 is 2.00 bits per heavy atom. The summed E-state index contributed by atoms with van der Waals surface area (Å²) >= 11 is 7.08. The molecule has 0 aliphatic carbocycles. The number of aromatic nitrogens is 1. The molecule has 0 aliphatic rings. The molecular weight excluding hydrogens is 344 g/mol. The fourth-order valence-corrected chi connectivity index (χ4v) is 4.39. The normalized spacial score (nSPS) is 11.5. The number of rotatable bonds is 4. The Morgan fingerprint density at radius 3 is 2.68 bits per heavy atom. The topological polar surface area (TPSA) is 72.2 Å². The summed E-state index contributed by atoms with van der Waals surface area (Å²) in [6.07, 6.45) is 0. The fourth-order valence-electron chi connectivity index (χ4n) is 1.82. The average Bonchev–Trinajstić information content (AvgIpc) is 3.10. The van der Waals surface area contributed by atoms with Crippen molar-refractivity contribution in [2.45, 2.75) is 11.1 Å². The lowest BCUT2D eigenvalue weighted by molar-refractivity contribution is 0.428. The van der Waals surface area contributed by atoms with Gasteiger partial charge in [0, 0.05) is 6.07 Å². The van der Waals surface area contributed by atoms with Crippen molar-refractivity contribution < 1.29 is 12.9 Å². The summed E-state index contributed by atoms with van der Waals surface area (Å²) in [6.45, 7) is 1.80. The van der Waals surface area contributed by atoms with Crippen molar-refractivity contribution in [2.75, 3.05) is 4.72 Å². The molecule has 0 amide bonds. The van der Waals surface area contributed by atoms with Gasteiger partial charge >= 0.3 is 0 Å². The van der Waals surface area contributed by atoms with Crippen molar-refractivity contribution in [3.63, 3.8) is 0 Å². The highest BCUT2D eigenvalue weighted by Gasteiger charge is 2.19. The Balaban J connectivity index is 1.90. The van der Waals surface area contributed by atoms with E-state index in [0.717, 1.165) is 17.0 Å². The third-order valence-corrected chi connectivity index (χ3v) is 6.12. The Labute approximate surface area is 136 Å². The summed E-state index contributed by atoms with van der Waals surface area (Å²) in [5, 5.41) is 4.13. The van der Waals surface area contributed by atoms with Gasteiger partial charge in [0.25, 0.3) is 10.0 Å². The lowest BCUT2D eigenvalue weighted by Gasteiger charge is -2.07. The van der Waals surface area contributed by atoms with E-state index in [1.54, 1.807) is 43.3 Å². The van der Waals surface area contributed by atoms with Crippen molar-refractivity contribution in [3.05, 3.63) is 53.2 Å². The highest BCUT2D eigenvalue weighted by molar-refractivity contribution is 7.94. The molecule has 0 atom stereocenters. The molecule has 3 aromatic rings. The number of sulfonamides is 1. The second-order valence-corrected chi connectivity index (χ2v) is 7.94. The third kappa shape index (κ3) is 3.01. The van der Waals surface area contributed by atoms with Crippen LogP contribution in [0.2, 0.25) is 5.02 Å². The van der Waals surface area contributed by atoms with E-state index in [1.807, 2.05) is 0 Å². The molecule has 0 spiro atoms. The summed E-state index contributed by atoms with van der Waals surface area (Å²) < 4.78 is 32.6. The first-order valence-electron chi connectivity index (χ1n) is 6.26. The van der Waals surface area contributed by atoms with Crippen LogP contribution in [0, 0.1) is 6.92 Å². The molecule has 5 nitrogen and oxygen atoms in total. The zero-order valence-electron chi connectivity index (χ0n) is 11.4. The number of aryl methyl sites for hydroxylation is 1. The average molecular weight is 355 g/mol. The highest BCUT2D eigenvalue weighted by atomic mass is 35.5. The van der Waals surface area contributed by atoms with E-state index in [9.17, 15) is 8.42 Å². The number of halogens is 1. The molecule has 2 aromatic heterocycles. The van der Waals surface area contributed by atoms with Crippen molar-refractivity contribution in [1.29, 1.82) is 0 Å². The Morgan fingerprint density at radius 1 is 1.23 bits per heavy atom. The molecule has 0 fully saturated rings. The molecular formula is C14H11ClN2O3S2. The molecule has 114 valence electrons. The fraction of sp³-hybridized carbons (Fsp3) is 0.0714. The predicted octanol–water partition coefficient (Wildman–Crippen LogP) is 4.17. The monoisotopic (exact) mass is 354 g/mol. The van der Waals surface area contributed by atoms with E-state index in [0.29, 0.717) is 21.3 Å². The first-order chi connectivity index (χ1) is 10.5. The number of nitrogens with zero attached hydrogens (tertiary/aromatic N) is 1. The molecule has 0 radical (unpaired) electrons. The van der Waals surface area contributed by atoms with Gasteiger partial charge in [0.05, 0.1) is 21.3 Å². The second kappa shape index (κ2) is 5.75. The van der Waals surface area contributed by atoms with Gasteiger partial charge in [-0.1, -0.05) is 28.9 Å². The summed E-state index contributed by atoms with van der Waals surface area (Å²) in [5.74, 6) is 0.543. The van der Waals surface area contributed by atoms with Gasteiger partial charge in [0.1, 0.15) is 4.21 Å². The van der Waals surface area contributed by atoms with Gasteiger partial charge < -0.3 is 4.52 Å². The van der Waals surface area contributed by atoms with Crippen LogP contribution in [0.1, 0.15) is 5.69 Å². The number of hydrogen-bond donors (Lipinski definition) is 1. The maximum atomic E-state index is 12.4. The van der Waals surface area contributed by atoms with Crippen molar-refractivity contribution in [2.24, 2.45) is 0 Å². The minimum absolute atomic E-state index is 0.177. The van der Waals surface area contributed by atoms with Crippen molar-refractivity contribution in [1.82, 2.24) is 5.16 Å². The minimum atomic E-state index is -3.69. The molecule has 0 saturated heterocycles. The van der Waals surface area contributed by atoms with Crippen molar-refractivity contribution in [3.8, 4) is 10.6 Å². The molecule has 0 bridgehead atoms. The summed E-state index contributed by atoms with van der Waals surface area (Å²) in [4.78, 5) is 0.695. The summed E-state index contributed by atoms with van der Waals surface area (Å²) in [6, 6.07) is 11.6. The molecule has 3 rings (SSSR count). The van der Waals surface area contributed by atoms with E-state index in [-0.39, 0.29) is 4.21 Å². The Hall–Kier alpha value is -1.83. The standard InChI is InChI=1S/C14H11ClN2O3S2/c1-9-8-12(20-16-9)13-6-7-14(21-13)22(18,19)17-11-5-3-2-4-10(11)15/h2-8,17H,1H3. The minimum Gasteiger partial charge on any atom is -0.355 e. The maximum Gasteiger partial charge on any atom is 0.271 e. The molecule has 1 N–H and O–H groups in total. The lowest BCUT2D eigenvalue weighted by Crippen LogP contribution is -2.11. The number of para-hydroxylation sites is 1. The van der Waals surface area contributed by atoms with Gasteiger partial charge in [-0.15, -0.1) is 11.3 Å². The molecule has 0 saturated carbocycles. The molecule has 1 aromatic carbocycles. The van der Waals surface area contributed by atoms with Crippen LogP contribution in [0.5, 0.6) is 0 Å². The van der Waals surface area contributed by atoms with E-state index in [1.165, 1.54) is 6.07 Å². The van der Waals surface area contributed by atoms with Crippen LogP contribution in [-0.4, -0.2) is 13.6 Å². The van der Waals surface area contributed by atoms with Gasteiger partial charge in [-0.2, -0.15) is 0 Å². The van der Waals surface area contributed by atoms with Gasteiger partial charge in [0.15, 0.2) is 5.76 Å². The number of thiophene rings is 1. The number of anilines is 1. The van der Waals surface area contributed by atoms with E-state index < -0.39 is 10.0 Å². The zero-order valence-corrected chi connectivity index (χ0v) is 13.8. The van der Waals surface area contributed by atoms with Gasteiger partial charge in [-0.05, 0) is 31.2 Å². The van der Waals surface area contributed by atoms with Crippen LogP contribution >= 0.6 is 22.9 Å². The van der Waals surface area contributed by atoms with E-state index >= 15 is 0 Å². The van der Waals surface area contributed by atoms with E-state index in [2.05, 4.69) is 9.88 Å². The van der Waals surface area contributed by atoms with Crippen LogP contribution in [0.4, 0.5) is 5.69 Å². The largest absolute Gasteiger partial charge is 0.355 e. The van der Waals surface area contributed by atoms with Crippen LogP contribution in [0.15, 0.2) is 51.2 Å². The number of hydrogen-bond acceptors (Lipinski definition) is 5. The number of nitrogens with one attached hydrogen (secondary N) is 1. The quantitative estimate of drug-likeness (QED) is 0.763. The van der Waals surface area contributed by atoms with Gasteiger partial charge in [-0.3, -0.25) is 4.72 Å². The Bertz CT molecular complexity index is 916. The number of benzene rings is 1. The maximum absolute atomic E-state index is 12.4. The van der Waals surface area contributed by atoms with Gasteiger partial charge in [-0.25, -0.2) is 8.42 Å². The smallest absolute Gasteiger partial charge is 0.271 e. The first kappa shape index (κ1) is 15.1.